The van der Waals surface area contributed by atoms with E-state index in [9.17, 15) is 5.11 Å². The SMILES string of the molecule is [C-]#[N+]c1cc2c(B3OC(C)(C)C(C)(C)O3)cn(CCCO)c2cc1C. The first-order valence-electron chi connectivity index (χ1n) is 8.67. The molecule has 0 bridgehead atoms. The van der Waals surface area contributed by atoms with Gasteiger partial charge in [-0.15, -0.1) is 0 Å². The fourth-order valence-electron chi connectivity index (χ4n) is 3.16. The molecule has 0 amide bonds. The van der Waals surface area contributed by atoms with Crippen LogP contribution in [0.2, 0.25) is 0 Å². The lowest BCUT2D eigenvalue weighted by atomic mass is 9.79. The second kappa shape index (κ2) is 6.17. The molecule has 25 heavy (non-hydrogen) atoms. The lowest BCUT2D eigenvalue weighted by Gasteiger charge is -2.32. The summed E-state index contributed by atoms with van der Waals surface area (Å²) in [6.45, 7) is 18.3. The first-order valence-corrected chi connectivity index (χ1v) is 8.67. The normalized spacial score (nSPS) is 18.7. The molecule has 1 aromatic heterocycles. The van der Waals surface area contributed by atoms with Gasteiger partial charge in [0.15, 0.2) is 5.69 Å². The van der Waals surface area contributed by atoms with Gasteiger partial charge in [0.1, 0.15) is 0 Å². The number of aliphatic hydroxyl groups excluding tert-OH is 1. The van der Waals surface area contributed by atoms with Crippen molar-refractivity contribution in [1.29, 1.82) is 0 Å². The Morgan fingerprint density at radius 2 is 1.84 bits per heavy atom. The zero-order valence-corrected chi connectivity index (χ0v) is 15.6. The van der Waals surface area contributed by atoms with Crippen LogP contribution in [-0.2, 0) is 15.9 Å². The molecule has 1 aliphatic heterocycles. The topological polar surface area (TPSA) is 48.0 Å². The quantitative estimate of drug-likeness (QED) is 0.687. The van der Waals surface area contributed by atoms with E-state index in [1.54, 1.807) is 0 Å². The van der Waals surface area contributed by atoms with E-state index in [2.05, 4.69) is 9.41 Å². The molecule has 6 heteroatoms. The van der Waals surface area contributed by atoms with Crippen molar-refractivity contribution in [1.82, 2.24) is 4.57 Å². The maximum atomic E-state index is 9.19. The highest BCUT2D eigenvalue weighted by Crippen LogP contribution is 2.37. The van der Waals surface area contributed by atoms with E-state index in [4.69, 9.17) is 15.9 Å². The van der Waals surface area contributed by atoms with Gasteiger partial charge in [0.2, 0.25) is 0 Å². The van der Waals surface area contributed by atoms with Crippen LogP contribution in [0.1, 0.15) is 39.7 Å². The Morgan fingerprint density at radius 3 is 2.40 bits per heavy atom. The smallest absolute Gasteiger partial charge is 0.399 e. The van der Waals surface area contributed by atoms with Crippen LogP contribution in [0.5, 0.6) is 0 Å². The van der Waals surface area contributed by atoms with Gasteiger partial charge in [0, 0.05) is 30.3 Å². The summed E-state index contributed by atoms with van der Waals surface area (Å²) < 4.78 is 14.6. The molecular weight excluding hydrogens is 315 g/mol. The van der Waals surface area contributed by atoms with Crippen molar-refractivity contribution < 1.29 is 14.4 Å². The molecule has 0 radical (unpaired) electrons. The van der Waals surface area contributed by atoms with Gasteiger partial charge in [-0.2, -0.15) is 0 Å². The summed E-state index contributed by atoms with van der Waals surface area (Å²) in [6, 6.07) is 3.96. The molecule has 1 aliphatic rings. The Hall–Kier alpha value is -1.81. The van der Waals surface area contributed by atoms with E-state index in [1.807, 2.05) is 52.9 Å². The molecule has 5 nitrogen and oxygen atoms in total. The minimum atomic E-state index is -0.468. The van der Waals surface area contributed by atoms with Gasteiger partial charge in [-0.25, -0.2) is 4.85 Å². The summed E-state index contributed by atoms with van der Waals surface area (Å²) in [5, 5.41) is 10.2. The van der Waals surface area contributed by atoms with E-state index in [0.717, 1.165) is 21.9 Å². The molecular formula is C19H25BN2O3. The average molecular weight is 340 g/mol. The van der Waals surface area contributed by atoms with Crippen molar-refractivity contribution >= 4 is 29.2 Å². The molecule has 1 fully saturated rings. The second-order valence-electron chi connectivity index (χ2n) is 7.71. The maximum Gasteiger partial charge on any atom is 0.496 e. The number of hydrogen-bond acceptors (Lipinski definition) is 3. The molecule has 1 aromatic carbocycles. The van der Waals surface area contributed by atoms with Crippen molar-refractivity contribution in [2.75, 3.05) is 6.61 Å². The summed E-state index contributed by atoms with van der Waals surface area (Å²) in [5.74, 6) is 0. The van der Waals surface area contributed by atoms with Crippen molar-refractivity contribution in [2.24, 2.45) is 0 Å². The molecule has 0 aliphatic carbocycles. The van der Waals surface area contributed by atoms with Gasteiger partial charge < -0.3 is 19.0 Å². The number of fused-ring (bicyclic) bond motifs is 1. The minimum absolute atomic E-state index is 0.143. The van der Waals surface area contributed by atoms with Crippen LogP contribution < -0.4 is 5.46 Å². The highest BCUT2D eigenvalue weighted by atomic mass is 16.7. The summed E-state index contributed by atoms with van der Waals surface area (Å²) >= 11 is 0. The highest BCUT2D eigenvalue weighted by molar-refractivity contribution is 6.65. The van der Waals surface area contributed by atoms with Crippen LogP contribution in [-0.4, -0.2) is 34.6 Å². The Balaban J connectivity index is 2.13. The largest absolute Gasteiger partial charge is 0.496 e. The zero-order chi connectivity index (χ0) is 18.4. The Morgan fingerprint density at radius 1 is 1.20 bits per heavy atom. The lowest BCUT2D eigenvalue weighted by Crippen LogP contribution is -2.41. The lowest BCUT2D eigenvalue weighted by molar-refractivity contribution is 0.00578. The van der Waals surface area contributed by atoms with Crippen molar-refractivity contribution in [2.45, 2.75) is 58.8 Å². The van der Waals surface area contributed by atoms with Crippen molar-refractivity contribution in [3.8, 4) is 0 Å². The predicted octanol–water partition coefficient (Wildman–Crippen LogP) is 3.18. The second-order valence-corrected chi connectivity index (χ2v) is 7.71. The van der Waals surface area contributed by atoms with Crippen LogP contribution in [0.3, 0.4) is 0 Å². The third-order valence-corrected chi connectivity index (χ3v) is 5.41. The third-order valence-electron chi connectivity index (χ3n) is 5.41. The summed E-state index contributed by atoms with van der Waals surface area (Å²) in [4.78, 5) is 3.64. The van der Waals surface area contributed by atoms with E-state index in [-0.39, 0.29) is 6.61 Å². The van der Waals surface area contributed by atoms with Crippen LogP contribution in [0.25, 0.3) is 15.7 Å². The first kappa shape index (κ1) is 18.0. The Kier molecular flexibility index (Phi) is 4.44. The van der Waals surface area contributed by atoms with Gasteiger partial charge in [-0.05, 0) is 64.1 Å². The van der Waals surface area contributed by atoms with Gasteiger partial charge in [0.05, 0.1) is 17.8 Å². The fraction of sp³-hybridized carbons (Fsp3) is 0.526. The molecule has 0 spiro atoms. The Bertz CT molecular complexity index is 832. The Labute approximate surface area is 149 Å². The molecule has 0 unspecified atom stereocenters. The molecule has 0 atom stereocenters. The molecule has 1 saturated heterocycles. The molecule has 0 saturated carbocycles. The number of aryl methyl sites for hydroxylation is 2. The minimum Gasteiger partial charge on any atom is -0.399 e. The molecule has 2 aromatic rings. The number of nitrogens with zero attached hydrogens (tertiary/aromatic N) is 2. The molecule has 3 rings (SSSR count). The number of hydrogen-bond donors (Lipinski definition) is 1. The van der Waals surface area contributed by atoms with Gasteiger partial charge >= 0.3 is 7.12 Å². The summed E-state index contributed by atoms with van der Waals surface area (Å²) in [6.07, 6.45) is 2.71. The number of aliphatic hydroxyl groups is 1. The van der Waals surface area contributed by atoms with Crippen LogP contribution >= 0.6 is 0 Å². The third kappa shape index (κ3) is 2.97. The zero-order valence-electron chi connectivity index (χ0n) is 15.6. The monoisotopic (exact) mass is 340 g/mol. The van der Waals surface area contributed by atoms with Crippen molar-refractivity contribution in [3.05, 3.63) is 35.3 Å². The molecule has 2 heterocycles. The standard InChI is InChI=1S/C19H25BN2O3/c1-13-10-17-14(11-16(13)21-6)15(12-22(17)8-7-9-23)20-24-18(2,3)19(4,5)25-20/h10-12,23H,7-9H2,1-5H3. The van der Waals surface area contributed by atoms with E-state index < -0.39 is 18.3 Å². The van der Waals surface area contributed by atoms with Gasteiger partial charge in [-0.3, -0.25) is 0 Å². The first-order chi connectivity index (χ1) is 11.7. The number of aromatic nitrogens is 1. The van der Waals surface area contributed by atoms with E-state index in [1.165, 1.54) is 0 Å². The highest BCUT2D eigenvalue weighted by Gasteiger charge is 2.52. The van der Waals surface area contributed by atoms with Crippen LogP contribution in [0.15, 0.2) is 18.3 Å². The fourth-order valence-corrected chi connectivity index (χ4v) is 3.16. The average Bonchev–Trinajstić information content (AvgIpc) is 2.98. The summed E-state index contributed by atoms with van der Waals surface area (Å²) in [5.41, 5.74) is 2.76. The molecule has 132 valence electrons. The van der Waals surface area contributed by atoms with E-state index >= 15 is 0 Å². The summed E-state index contributed by atoms with van der Waals surface area (Å²) in [7, 11) is -0.468. The number of rotatable bonds is 4. The van der Waals surface area contributed by atoms with Crippen LogP contribution in [0, 0.1) is 13.5 Å². The van der Waals surface area contributed by atoms with E-state index in [0.29, 0.717) is 18.7 Å². The van der Waals surface area contributed by atoms with Crippen LogP contribution in [0.4, 0.5) is 5.69 Å². The predicted molar refractivity (Wildman–Crippen MR) is 100 cm³/mol. The van der Waals surface area contributed by atoms with Gasteiger partial charge in [-0.1, -0.05) is 0 Å². The van der Waals surface area contributed by atoms with Crippen molar-refractivity contribution in [3.63, 3.8) is 0 Å². The number of benzene rings is 1. The maximum absolute atomic E-state index is 9.19. The molecule has 1 N–H and O–H groups in total. The van der Waals surface area contributed by atoms with Gasteiger partial charge in [0.25, 0.3) is 0 Å².